The fourth-order valence-corrected chi connectivity index (χ4v) is 3.39. The number of hydrogen-bond acceptors (Lipinski definition) is 6. The predicted octanol–water partition coefficient (Wildman–Crippen LogP) is 1.56. The van der Waals surface area contributed by atoms with Crippen LogP contribution in [0.1, 0.15) is 37.1 Å². The minimum atomic E-state index is -0.628. The molecule has 0 unspecified atom stereocenters. The summed E-state index contributed by atoms with van der Waals surface area (Å²) in [4.78, 5) is 34.6. The Bertz CT molecular complexity index is 888. The molecule has 1 fully saturated rings. The summed E-state index contributed by atoms with van der Waals surface area (Å²) in [5.74, 6) is -0.364. The minimum Gasteiger partial charge on any atom is -0.354 e. The highest BCUT2D eigenvalue weighted by Gasteiger charge is 2.24. The van der Waals surface area contributed by atoms with E-state index in [9.17, 15) is 9.59 Å². The number of carbonyl (C=O) groups excluding carboxylic acids is 2. The van der Waals surface area contributed by atoms with Crippen molar-refractivity contribution in [1.29, 1.82) is 5.26 Å². The molecule has 2 amide bonds. The Balaban J connectivity index is 1.43. The van der Waals surface area contributed by atoms with E-state index in [0.29, 0.717) is 18.1 Å². The van der Waals surface area contributed by atoms with Crippen LogP contribution in [0.3, 0.4) is 0 Å². The summed E-state index contributed by atoms with van der Waals surface area (Å²) in [5, 5.41) is 14.6. The van der Waals surface area contributed by atoms with Gasteiger partial charge in [0.2, 0.25) is 0 Å². The van der Waals surface area contributed by atoms with Crippen LogP contribution in [-0.2, 0) is 9.59 Å². The highest BCUT2D eigenvalue weighted by molar-refractivity contribution is 6.35. The van der Waals surface area contributed by atoms with Gasteiger partial charge in [-0.2, -0.15) is 5.26 Å². The number of carbonyl (C=O) groups is 2. The molecule has 8 nitrogen and oxygen atoms in total. The SMILES string of the molecule is C[C@@H](NC(=O)C(=O)NCC1CCN(c2nccnc2C#N)CC1)c1ccccc1. The Morgan fingerprint density at radius 3 is 2.55 bits per heavy atom. The molecular weight excluding hydrogens is 368 g/mol. The molecule has 29 heavy (non-hydrogen) atoms. The van der Waals surface area contributed by atoms with E-state index in [0.717, 1.165) is 31.5 Å². The Morgan fingerprint density at radius 1 is 1.17 bits per heavy atom. The van der Waals surface area contributed by atoms with Crippen LogP contribution in [0.4, 0.5) is 5.82 Å². The number of rotatable bonds is 5. The minimum absolute atomic E-state index is 0.237. The molecule has 0 radical (unpaired) electrons. The van der Waals surface area contributed by atoms with Gasteiger partial charge in [-0.05, 0) is 31.2 Å². The highest BCUT2D eigenvalue weighted by atomic mass is 16.2. The summed E-state index contributed by atoms with van der Waals surface area (Å²) in [6, 6.07) is 11.3. The van der Waals surface area contributed by atoms with E-state index in [2.05, 4.69) is 26.7 Å². The first-order valence-corrected chi connectivity index (χ1v) is 9.68. The van der Waals surface area contributed by atoms with E-state index in [1.807, 2.05) is 42.2 Å². The number of aromatic nitrogens is 2. The fourth-order valence-electron chi connectivity index (χ4n) is 3.39. The van der Waals surface area contributed by atoms with Crippen LogP contribution < -0.4 is 15.5 Å². The van der Waals surface area contributed by atoms with Gasteiger partial charge in [-0.15, -0.1) is 0 Å². The van der Waals surface area contributed by atoms with Gasteiger partial charge in [0, 0.05) is 32.0 Å². The van der Waals surface area contributed by atoms with Crippen molar-refractivity contribution in [2.24, 2.45) is 5.92 Å². The zero-order valence-corrected chi connectivity index (χ0v) is 16.3. The molecule has 0 aliphatic carbocycles. The van der Waals surface area contributed by atoms with Gasteiger partial charge in [-0.3, -0.25) is 9.59 Å². The molecule has 150 valence electrons. The van der Waals surface area contributed by atoms with Gasteiger partial charge in [0.05, 0.1) is 6.04 Å². The van der Waals surface area contributed by atoms with Crippen LogP contribution in [0.25, 0.3) is 0 Å². The summed E-state index contributed by atoms with van der Waals surface area (Å²) in [5.41, 5.74) is 1.27. The summed E-state index contributed by atoms with van der Waals surface area (Å²) in [7, 11) is 0. The Morgan fingerprint density at radius 2 is 1.86 bits per heavy atom. The van der Waals surface area contributed by atoms with Crippen LogP contribution >= 0.6 is 0 Å². The third kappa shape index (κ3) is 5.29. The summed E-state index contributed by atoms with van der Waals surface area (Å²) >= 11 is 0. The molecule has 2 aromatic rings. The quantitative estimate of drug-likeness (QED) is 0.747. The van der Waals surface area contributed by atoms with Crippen molar-refractivity contribution >= 4 is 17.6 Å². The standard InChI is InChI=1S/C21H24N6O2/c1-15(17-5-3-2-4-6-17)26-21(29)20(28)25-14-16-7-11-27(12-8-16)19-18(13-22)23-9-10-24-19/h2-6,9-10,15-16H,7-8,11-12,14H2,1H3,(H,25,28)(H,26,29)/t15-/m1/s1. The smallest absolute Gasteiger partial charge is 0.309 e. The molecule has 0 spiro atoms. The molecule has 1 aliphatic heterocycles. The van der Waals surface area contributed by atoms with E-state index < -0.39 is 11.8 Å². The van der Waals surface area contributed by atoms with Crippen molar-refractivity contribution < 1.29 is 9.59 Å². The first kappa shape index (κ1) is 20.3. The Hall–Kier alpha value is -3.47. The maximum absolute atomic E-state index is 12.1. The summed E-state index contributed by atoms with van der Waals surface area (Å²) in [6.45, 7) is 3.75. The van der Waals surface area contributed by atoms with Crippen LogP contribution in [0.15, 0.2) is 42.7 Å². The lowest BCUT2D eigenvalue weighted by Gasteiger charge is -2.32. The van der Waals surface area contributed by atoms with Gasteiger partial charge in [-0.1, -0.05) is 30.3 Å². The first-order valence-electron chi connectivity index (χ1n) is 9.68. The molecule has 1 aliphatic rings. The molecule has 1 aromatic carbocycles. The third-order valence-electron chi connectivity index (χ3n) is 5.10. The number of amides is 2. The van der Waals surface area contributed by atoms with Gasteiger partial charge < -0.3 is 15.5 Å². The summed E-state index contributed by atoms with van der Waals surface area (Å²) < 4.78 is 0. The first-order chi connectivity index (χ1) is 14.1. The predicted molar refractivity (Wildman–Crippen MR) is 108 cm³/mol. The second-order valence-corrected chi connectivity index (χ2v) is 7.09. The molecule has 1 aromatic heterocycles. The average Bonchev–Trinajstić information content (AvgIpc) is 2.78. The molecule has 0 saturated carbocycles. The third-order valence-corrected chi connectivity index (χ3v) is 5.10. The monoisotopic (exact) mass is 392 g/mol. The Labute approximate surface area is 170 Å². The van der Waals surface area contributed by atoms with Crippen molar-refractivity contribution in [3.05, 3.63) is 54.0 Å². The van der Waals surface area contributed by atoms with E-state index in [4.69, 9.17) is 5.26 Å². The molecule has 0 bridgehead atoms. The number of piperidine rings is 1. The molecular formula is C21H24N6O2. The molecule has 2 heterocycles. The number of benzene rings is 1. The molecule has 1 atom stereocenters. The van der Waals surface area contributed by atoms with Crippen LogP contribution in [0, 0.1) is 17.2 Å². The zero-order valence-electron chi connectivity index (χ0n) is 16.3. The van der Waals surface area contributed by atoms with Crippen LogP contribution in [0.2, 0.25) is 0 Å². The summed E-state index contributed by atoms with van der Waals surface area (Å²) in [6.07, 6.45) is 4.76. The molecule has 3 rings (SSSR count). The van der Waals surface area contributed by atoms with Gasteiger partial charge in [-0.25, -0.2) is 9.97 Å². The highest BCUT2D eigenvalue weighted by Crippen LogP contribution is 2.22. The van der Waals surface area contributed by atoms with Crippen LogP contribution in [-0.4, -0.2) is 41.4 Å². The average molecular weight is 392 g/mol. The molecule has 1 saturated heterocycles. The van der Waals surface area contributed by atoms with E-state index in [1.165, 1.54) is 6.20 Å². The number of hydrogen-bond donors (Lipinski definition) is 2. The maximum atomic E-state index is 12.1. The number of anilines is 1. The zero-order chi connectivity index (χ0) is 20.6. The van der Waals surface area contributed by atoms with E-state index in [1.54, 1.807) is 6.20 Å². The lowest BCUT2D eigenvalue weighted by molar-refractivity contribution is -0.139. The number of nitriles is 1. The normalized spacial score (nSPS) is 15.2. The Kier molecular flexibility index (Phi) is 6.74. The second-order valence-electron chi connectivity index (χ2n) is 7.09. The van der Waals surface area contributed by atoms with E-state index in [-0.39, 0.29) is 12.0 Å². The fraction of sp³-hybridized carbons (Fsp3) is 0.381. The lowest BCUT2D eigenvalue weighted by atomic mass is 9.96. The number of nitrogens with one attached hydrogen (secondary N) is 2. The van der Waals surface area contributed by atoms with Crippen LogP contribution in [0.5, 0.6) is 0 Å². The van der Waals surface area contributed by atoms with Gasteiger partial charge in [0.15, 0.2) is 11.5 Å². The van der Waals surface area contributed by atoms with E-state index >= 15 is 0 Å². The second kappa shape index (κ2) is 9.64. The molecule has 8 heteroatoms. The molecule has 2 N–H and O–H groups in total. The maximum Gasteiger partial charge on any atom is 0.309 e. The van der Waals surface area contributed by atoms with Crippen molar-refractivity contribution in [2.75, 3.05) is 24.5 Å². The van der Waals surface area contributed by atoms with Gasteiger partial charge in [0.25, 0.3) is 0 Å². The van der Waals surface area contributed by atoms with Crippen molar-refractivity contribution in [1.82, 2.24) is 20.6 Å². The van der Waals surface area contributed by atoms with Crippen molar-refractivity contribution in [3.8, 4) is 6.07 Å². The van der Waals surface area contributed by atoms with Crippen molar-refractivity contribution in [3.63, 3.8) is 0 Å². The van der Waals surface area contributed by atoms with Crippen molar-refractivity contribution in [2.45, 2.75) is 25.8 Å². The number of nitrogens with zero attached hydrogens (tertiary/aromatic N) is 4. The topological polar surface area (TPSA) is 111 Å². The largest absolute Gasteiger partial charge is 0.354 e. The van der Waals surface area contributed by atoms with Gasteiger partial charge >= 0.3 is 11.8 Å². The lowest BCUT2D eigenvalue weighted by Crippen LogP contribution is -2.44. The van der Waals surface area contributed by atoms with Gasteiger partial charge in [0.1, 0.15) is 6.07 Å².